The number of halogens is 1. The van der Waals surface area contributed by atoms with Gasteiger partial charge in [0.05, 0.1) is 11.6 Å². The van der Waals surface area contributed by atoms with Gasteiger partial charge < -0.3 is 10.6 Å². The molecule has 2 fully saturated rings. The summed E-state index contributed by atoms with van der Waals surface area (Å²) in [6.07, 6.45) is 5.78. The van der Waals surface area contributed by atoms with E-state index in [0.29, 0.717) is 5.92 Å². The minimum absolute atomic E-state index is 0.0213. The molecule has 2 saturated carbocycles. The summed E-state index contributed by atoms with van der Waals surface area (Å²) >= 11 is 1.63. The predicted octanol–water partition coefficient (Wildman–Crippen LogP) is 4.03. The SMILES string of the molecule is Cc1cnc(C(NC(=O)NC2(c3cccc(F)c3)CC2)C2CC2)s1. The minimum atomic E-state index is -0.418. The summed E-state index contributed by atoms with van der Waals surface area (Å²) in [6.45, 7) is 2.02. The van der Waals surface area contributed by atoms with Crippen molar-refractivity contribution in [3.05, 3.63) is 51.7 Å². The smallest absolute Gasteiger partial charge is 0.316 e. The van der Waals surface area contributed by atoms with Gasteiger partial charge in [0.15, 0.2) is 0 Å². The zero-order valence-electron chi connectivity index (χ0n) is 13.5. The lowest BCUT2D eigenvalue weighted by Crippen LogP contribution is -2.44. The molecule has 0 radical (unpaired) electrons. The van der Waals surface area contributed by atoms with Crippen molar-refractivity contribution < 1.29 is 9.18 Å². The van der Waals surface area contributed by atoms with Crippen LogP contribution in [0.3, 0.4) is 0 Å². The number of nitrogens with one attached hydrogen (secondary N) is 2. The quantitative estimate of drug-likeness (QED) is 0.859. The Bertz CT molecular complexity index is 767. The Labute approximate surface area is 144 Å². The first-order valence-corrected chi connectivity index (χ1v) is 9.14. The Hall–Kier alpha value is -1.95. The molecule has 1 atom stereocenters. The van der Waals surface area contributed by atoms with Crippen molar-refractivity contribution in [3.8, 4) is 0 Å². The molecule has 2 aliphatic rings. The highest BCUT2D eigenvalue weighted by molar-refractivity contribution is 7.11. The van der Waals surface area contributed by atoms with Crippen LogP contribution in [0.1, 0.15) is 47.2 Å². The highest BCUT2D eigenvalue weighted by atomic mass is 32.1. The number of hydrogen-bond donors (Lipinski definition) is 2. The van der Waals surface area contributed by atoms with Gasteiger partial charge in [-0.2, -0.15) is 0 Å². The second-order valence-electron chi connectivity index (χ2n) is 6.82. The number of urea groups is 1. The monoisotopic (exact) mass is 345 g/mol. The minimum Gasteiger partial charge on any atom is -0.329 e. The maximum atomic E-state index is 13.5. The van der Waals surface area contributed by atoms with Crippen LogP contribution in [-0.4, -0.2) is 11.0 Å². The van der Waals surface area contributed by atoms with Gasteiger partial charge >= 0.3 is 6.03 Å². The van der Waals surface area contributed by atoms with E-state index >= 15 is 0 Å². The molecule has 0 aliphatic heterocycles. The predicted molar refractivity (Wildman–Crippen MR) is 91.3 cm³/mol. The van der Waals surface area contributed by atoms with Crippen molar-refractivity contribution in [1.82, 2.24) is 15.6 Å². The highest BCUT2D eigenvalue weighted by Gasteiger charge is 2.46. The first-order valence-electron chi connectivity index (χ1n) is 8.33. The van der Waals surface area contributed by atoms with Crippen LogP contribution in [0.4, 0.5) is 9.18 Å². The van der Waals surface area contributed by atoms with Gasteiger partial charge in [-0.1, -0.05) is 12.1 Å². The molecule has 1 aromatic heterocycles. The molecule has 2 aliphatic carbocycles. The number of thiazole rings is 1. The standard InChI is InChI=1S/C18H20FN3OS/c1-11-10-20-16(24-11)15(12-5-6-12)21-17(23)22-18(7-8-18)13-3-2-4-14(19)9-13/h2-4,9-10,12,15H,5-8H2,1H3,(H2,21,22,23). The van der Waals surface area contributed by atoms with Gasteiger partial charge in [0.25, 0.3) is 0 Å². The molecule has 0 bridgehead atoms. The molecule has 126 valence electrons. The summed E-state index contributed by atoms with van der Waals surface area (Å²) in [7, 11) is 0. The lowest BCUT2D eigenvalue weighted by atomic mass is 10.1. The first kappa shape index (κ1) is 15.6. The summed E-state index contributed by atoms with van der Waals surface area (Å²) in [4.78, 5) is 18.1. The molecule has 1 aromatic carbocycles. The third kappa shape index (κ3) is 3.15. The van der Waals surface area contributed by atoms with Crippen LogP contribution in [0.2, 0.25) is 0 Å². The van der Waals surface area contributed by atoms with E-state index in [4.69, 9.17) is 0 Å². The summed E-state index contributed by atoms with van der Waals surface area (Å²) in [5, 5.41) is 7.13. The number of carbonyl (C=O) groups is 1. The van der Waals surface area contributed by atoms with Gasteiger partial charge in [-0.25, -0.2) is 14.2 Å². The second-order valence-corrected chi connectivity index (χ2v) is 8.08. The van der Waals surface area contributed by atoms with Crippen molar-refractivity contribution in [2.45, 2.75) is 44.2 Å². The van der Waals surface area contributed by atoms with Crippen LogP contribution < -0.4 is 10.6 Å². The molecule has 2 N–H and O–H groups in total. The molecule has 1 unspecified atom stereocenters. The molecule has 0 spiro atoms. The number of benzene rings is 1. The Morgan fingerprint density at radius 1 is 1.42 bits per heavy atom. The zero-order valence-corrected chi connectivity index (χ0v) is 14.3. The van der Waals surface area contributed by atoms with Crippen LogP contribution in [-0.2, 0) is 5.54 Å². The van der Waals surface area contributed by atoms with E-state index in [9.17, 15) is 9.18 Å². The molecule has 0 saturated heterocycles. The number of carbonyl (C=O) groups excluding carboxylic acids is 1. The van der Waals surface area contributed by atoms with Crippen molar-refractivity contribution in [2.75, 3.05) is 0 Å². The van der Waals surface area contributed by atoms with Gasteiger partial charge in [0, 0.05) is 11.1 Å². The summed E-state index contributed by atoms with van der Waals surface area (Å²) in [5.41, 5.74) is 0.421. The Morgan fingerprint density at radius 2 is 2.21 bits per heavy atom. The van der Waals surface area contributed by atoms with E-state index in [1.54, 1.807) is 17.4 Å². The number of aromatic nitrogens is 1. The lowest BCUT2D eigenvalue weighted by Gasteiger charge is -2.22. The molecule has 6 heteroatoms. The Kier molecular flexibility index (Phi) is 3.79. The fraction of sp³-hybridized carbons (Fsp3) is 0.444. The van der Waals surface area contributed by atoms with Crippen LogP contribution in [0, 0.1) is 18.7 Å². The van der Waals surface area contributed by atoms with E-state index in [2.05, 4.69) is 15.6 Å². The zero-order chi connectivity index (χ0) is 16.7. The molecular weight excluding hydrogens is 325 g/mol. The van der Waals surface area contributed by atoms with E-state index in [1.165, 1.54) is 12.1 Å². The maximum absolute atomic E-state index is 13.5. The van der Waals surface area contributed by atoms with Gasteiger partial charge in [-0.05, 0) is 56.2 Å². The number of amides is 2. The molecule has 24 heavy (non-hydrogen) atoms. The van der Waals surface area contributed by atoms with Gasteiger partial charge in [0.2, 0.25) is 0 Å². The molecule has 1 heterocycles. The van der Waals surface area contributed by atoms with Crippen LogP contribution in [0.15, 0.2) is 30.5 Å². The van der Waals surface area contributed by atoms with Crippen LogP contribution in [0.25, 0.3) is 0 Å². The average Bonchev–Trinajstić information content (AvgIpc) is 3.46. The van der Waals surface area contributed by atoms with Gasteiger partial charge in [0.1, 0.15) is 10.8 Å². The second kappa shape index (κ2) is 5.84. The third-order valence-electron chi connectivity index (χ3n) is 4.77. The van der Waals surface area contributed by atoms with Crippen molar-refractivity contribution in [2.24, 2.45) is 5.92 Å². The fourth-order valence-corrected chi connectivity index (χ4v) is 4.04. The topological polar surface area (TPSA) is 54.0 Å². The normalized spacial score (nSPS) is 19.6. The largest absolute Gasteiger partial charge is 0.329 e. The molecule has 4 rings (SSSR count). The lowest BCUT2D eigenvalue weighted by molar-refractivity contribution is 0.230. The van der Waals surface area contributed by atoms with Crippen LogP contribution in [0.5, 0.6) is 0 Å². The maximum Gasteiger partial charge on any atom is 0.316 e. The molecule has 2 aromatic rings. The summed E-state index contributed by atoms with van der Waals surface area (Å²) in [6, 6.07) is 6.28. The highest BCUT2D eigenvalue weighted by Crippen LogP contribution is 2.46. The summed E-state index contributed by atoms with van der Waals surface area (Å²) in [5.74, 6) is 0.209. The van der Waals surface area contributed by atoms with Gasteiger partial charge in [-0.15, -0.1) is 11.3 Å². The Balaban J connectivity index is 1.46. The van der Waals surface area contributed by atoms with E-state index in [-0.39, 0.29) is 17.9 Å². The summed E-state index contributed by atoms with van der Waals surface area (Å²) < 4.78 is 13.5. The van der Waals surface area contributed by atoms with Crippen molar-refractivity contribution in [3.63, 3.8) is 0 Å². The molecule has 4 nitrogen and oxygen atoms in total. The number of rotatable bonds is 5. The molecule has 2 amide bonds. The van der Waals surface area contributed by atoms with E-state index < -0.39 is 5.54 Å². The number of hydrogen-bond acceptors (Lipinski definition) is 3. The third-order valence-corrected chi connectivity index (χ3v) is 5.76. The number of aryl methyl sites for hydroxylation is 1. The Morgan fingerprint density at radius 3 is 2.79 bits per heavy atom. The number of nitrogens with zero attached hydrogens (tertiary/aromatic N) is 1. The van der Waals surface area contributed by atoms with Gasteiger partial charge in [-0.3, -0.25) is 0 Å². The molecular formula is C18H20FN3OS. The average molecular weight is 345 g/mol. The van der Waals surface area contributed by atoms with Crippen molar-refractivity contribution in [1.29, 1.82) is 0 Å². The van der Waals surface area contributed by atoms with E-state index in [0.717, 1.165) is 41.1 Å². The van der Waals surface area contributed by atoms with Crippen molar-refractivity contribution >= 4 is 17.4 Å². The fourth-order valence-electron chi connectivity index (χ4n) is 3.12. The van der Waals surface area contributed by atoms with E-state index in [1.807, 2.05) is 19.2 Å². The first-order chi connectivity index (χ1) is 11.6. The van der Waals surface area contributed by atoms with Crippen LogP contribution >= 0.6 is 11.3 Å².